The molecular weight excluding hydrogens is 218 g/mol. The number of benzene rings is 1. The first-order valence-electron chi connectivity index (χ1n) is 7.35. The Kier molecular flexibility index (Phi) is 4.11. The molecule has 1 aliphatic rings. The summed E-state index contributed by atoms with van der Waals surface area (Å²) in [4.78, 5) is 0. The van der Waals surface area contributed by atoms with Crippen molar-refractivity contribution in [3.63, 3.8) is 0 Å². The lowest BCUT2D eigenvalue weighted by Crippen LogP contribution is -2.20. The summed E-state index contributed by atoms with van der Waals surface area (Å²) in [7, 11) is 2.10. The molecule has 1 aromatic carbocycles. The van der Waals surface area contributed by atoms with Crippen LogP contribution in [-0.4, -0.2) is 7.05 Å². The summed E-state index contributed by atoms with van der Waals surface area (Å²) in [6.45, 7) is 9.16. The summed E-state index contributed by atoms with van der Waals surface area (Å²) in [5, 5.41) is 3.52. The van der Waals surface area contributed by atoms with Crippen molar-refractivity contribution in [3.05, 3.63) is 34.9 Å². The van der Waals surface area contributed by atoms with Gasteiger partial charge in [-0.05, 0) is 54.3 Å². The van der Waals surface area contributed by atoms with Crippen molar-refractivity contribution >= 4 is 0 Å². The van der Waals surface area contributed by atoms with Crippen LogP contribution >= 0.6 is 0 Å². The maximum Gasteiger partial charge on any atom is 0.0348 e. The van der Waals surface area contributed by atoms with Crippen LogP contribution in [0.4, 0.5) is 0 Å². The van der Waals surface area contributed by atoms with Crippen LogP contribution in [0.25, 0.3) is 0 Å². The summed E-state index contributed by atoms with van der Waals surface area (Å²) >= 11 is 0. The Labute approximate surface area is 112 Å². The van der Waals surface area contributed by atoms with Gasteiger partial charge in [0.25, 0.3) is 0 Å². The van der Waals surface area contributed by atoms with E-state index in [1.807, 2.05) is 0 Å². The van der Waals surface area contributed by atoms with Gasteiger partial charge in [0.05, 0.1) is 0 Å². The monoisotopic (exact) mass is 245 g/mol. The second kappa shape index (κ2) is 5.44. The molecule has 1 aromatic rings. The molecule has 0 aromatic heterocycles. The topological polar surface area (TPSA) is 12.0 Å². The lowest BCUT2D eigenvalue weighted by atomic mass is 9.87. The largest absolute Gasteiger partial charge is 0.313 e. The second-order valence-corrected chi connectivity index (χ2v) is 6.30. The highest BCUT2D eigenvalue weighted by atomic mass is 14.9. The molecule has 1 unspecified atom stereocenters. The highest BCUT2D eigenvalue weighted by Crippen LogP contribution is 2.43. The van der Waals surface area contributed by atoms with Crippen LogP contribution in [0.1, 0.15) is 75.1 Å². The van der Waals surface area contributed by atoms with Crippen LogP contribution in [-0.2, 0) is 0 Å². The van der Waals surface area contributed by atoms with Gasteiger partial charge in [0.2, 0.25) is 0 Å². The average Bonchev–Trinajstić information content (AvgIpc) is 3.14. The van der Waals surface area contributed by atoms with E-state index in [1.54, 1.807) is 0 Å². The lowest BCUT2D eigenvalue weighted by molar-refractivity contribution is 0.521. The molecule has 1 heteroatoms. The van der Waals surface area contributed by atoms with Gasteiger partial charge in [-0.3, -0.25) is 0 Å². The molecule has 1 aliphatic carbocycles. The van der Waals surface area contributed by atoms with Crippen molar-refractivity contribution in [2.24, 2.45) is 5.92 Å². The molecule has 0 bridgehead atoms. The van der Waals surface area contributed by atoms with E-state index in [0.29, 0.717) is 17.9 Å². The molecule has 1 atom stereocenters. The van der Waals surface area contributed by atoms with Gasteiger partial charge in [-0.15, -0.1) is 0 Å². The molecule has 1 fully saturated rings. The van der Waals surface area contributed by atoms with Gasteiger partial charge in [-0.2, -0.15) is 0 Å². The first-order chi connectivity index (χ1) is 8.54. The zero-order valence-electron chi connectivity index (χ0n) is 12.5. The molecule has 0 radical (unpaired) electrons. The van der Waals surface area contributed by atoms with Crippen LogP contribution in [0, 0.1) is 5.92 Å². The molecule has 0 aliphatic heterocycles. The van der Waals surface area contributed by atoms with Crippen molar-refractivity contribution in [2.75, 3.05) is 7.05 Å². The first-order valence-corrected chi connectivity index (χ1v) is 7.35. The Bertz CT molecular complexity index is 402. The second-order valence-electron chi connectivity index (χ2n) is 6.30. The summed E-state index contributed by atoms with van der Waals surface area (Å²) in [6.07, 6.45) is 2.77. The normalized spacial score (nSPS) is 17.5. The van der Waals surface area contributed by atoms with Gasteiger partial charge in [0, 0.05) is 6.04 Å². The van der Waals surface area contributed by atoms with Crippen molar-refractivity contribution < 1.29 is 0 Å². The van der Waals surface area contributed by atoms with Crippen molar-refractivity contribution in [3.8, 4) is 0 Å². The SMILES string of the molecule is CNC(c1ccc(C(C)C)cc1C(C)C)C1CC1. The Morgan fingerprint density at radius 1 is 1.00 bits per heavy atom. The summed E-state index contributed by atoms with van der Waals surface area (Å²) < 4.78 is 0. The Morgan fingerprint density at radius 2 is 1.67 bits per heavy atom. The molecule has 1 saturated carbocycles. The number of hydrogen-bond donors (Lipinski definition) is 1. The van der Waals surface area contributed by atoms with E-state index in [9.17, 15) is 0 Å². The van der Waals surface area contributed by atoms with Gasteiger partial charge in [-0.25, -0.2) is 0 Å². The number of rotatable bonds is 5. The van der Waals surface area contributed by atoms with E-state index >= 15 is 0 Å². The van der Waals surface area contributed by atoms with Crippen molar-refractivity contribution in [1.82, 2.24) is 5.32 Å². The molecule has 0 heterocycles. The maximum atomic E-state index is 3.52. The Balaban J connectivity index is 2.39. The van der Waals surface area contributed by atoms with Gasteiger partial charge < -0.3 is 5.32 Å². The van der Waals surface area contributed by atoms with Crippen LogP contribution in [0.2, 0.25) is 0 Å². The molecule has 1 N–H and O–H groups in total. The number of nitrogens with one attached hydrogen (secondary N) is 1. The average molecular weight is 245 g/mol. The molecule has 1 nitrogen and oxygen atoms in total. The van der Waals surface area contributed by atoms with E-state index in [0.717, 1.165) is 5.92 Å². The van der Waals surface area contributed by atoms with E-state index < -0.39 is 0 Å². The maximum absolute atomic E-state index is 3.52. The molecule has 0 saturated heterocycles. The van der Waals surface area contributed by atoms with Crippen LogP contribution in [0.15, 0.2) is 18.2 Å². The predicted molar refractivity (Wildman–Crippen MR) is 79.1 cm³/mol. The minimum atomic E-state index is 0.559. The van der Waals surface area contributed by atoms with Gasteiger partial charge in [-0.1, -0.05) is 45.9 Å². The predicted octanol–water partition coefficient (Wildman–Crippen LogP) is 4.60. The molecule has 2 rings (SSSR count). The standard InChI is InChI=1S/C17H27N/c1-11(2)14-8-9-15(16(10-14)12(3)4)17(18-5)13-6-7-13/h8-13,17-18H,6-7H2,1-5H3. The minimum absolute atomic E-state index is 0.559. The fourth-order valence-electron chi connectivity index (χ4n) is 2.81. The summed E-state index contributed by atoms with van der Waals surface area (Å²) in [5.74, 6) is 2.08. The fourth-order valence-corrected chi connectivity index (χ4v) is 2.81. The number of hydrogen-bond acceptors (Lipinski definition) is 1. The molecule has 100 valence electrons. The smallest absolute Gasteiger partial charge is 0.0348 e. The summed E-state index contributed by atoms with van der Waals surface area (Å²) in [6, 6.07) is 7.67. The van der Waals surface area contributed by atoms with E-state index in [4.69, 9.17) is 0 Å². The summed E-state index contributed by atoms with van der Waals surface area (Å²) in [5.41, 5.74) is 4.53. The van der Waals surface area contributed by atoms with E-state index in [-0.39, 0.29) is 0 Å². The zero-order valence-corrected chi connectivity index (χ0v) is 12.5. The van der Waals surface area contributed by atoms with Crippen molar-refractivity contribution in [1.29, 1.82) is 0 Å². The zero-order chi connectivity index (χ0) is 13.3. The third-order valence-electron chi connectivity index (χ3n) is 4.14. The van der Waals surface area contributed by atoms with Crippen LogP contribution in [0.5, 0.6) is 0 Å². The molecule has 0 amide bonds. The Hall–Kier alpha value is -0.820. The van der Waals surface area contributed by atoms with Crippen LogP contribution < -0.4 is 5.32 Å². The third kappa shape index (κ3) is 2.77. The van der Waals surface area contributed by atoms with Gasteiger partial charge >= 0.3 is 0 Å². The highest BCUT2D eigenvalue weighted by Gasteiger charge is 2.32. The van der Waals surface area contributed by atoms with E-state index in [1.165, 1.54) is 29.5 Å². The quantitative estimate of drug-likeness (QED) is 0.799. The van der Waals surface area contributed by atoms with Gasteiger partial charge in [0.1, 0.15) is 0 Å². The Morgan fingerprint density at radius 3 is 2.11 bits per heavy atom. The molecule has 0 spiro atoms. The van der Waals surface area contributed by atoms with Gasteiger partial charge in [0.15, 0.2) is 0 Å². The van der Waals surface area contributed by atoms with Crippen LogP contribution in [0.3, 0.4) is 0 Å². The van der Waals surface area contributed by atoms with E-state index in [2.05, 4.69) is 58.3 Å². The third-order valence-corrected chi connectivity index (χ3v) is 4.14. The van der Waals surface area contributed by atoms with Crippen molar-refractivity contribution in [2.45, 2.75) is 58.4 Å². The first kappa shape index (κ1) is 13.6. The molecule has 18 heavy (non-hydrogen) atoms. The molecular formula is C17H27N. The fraction of sp³-hybridized carbons (Fsp3) is 0.647. The lowest BCUT2D eigenvalue weighted by Gasteiger charge is -2.23. The minimum Gasteiger partial charge on any atom is -0.313 e. The highest BCUT2D eigenvalue weighted by molar-refractivity contribution is 5.38.